The summed E-state index contributed by atoms with van der Waals surface area (Å²) in [5.41, 5.74) is 0. The summed E-state index contributed by atoms with van der Waals surface area (Å²) in [5, 5.41) is 11.3. The lowest BCUT2D eigenvalue weighted by molar-refractivity contribution is -0.142. The number of nitrogens with zero attached hydrogens (tertiary/aromatic N) is 3. The number of aromatic nitrogens is 3. The molecule has 0 aliphatic rings. The van der Waals surface area contributed by atoms with Crippen molar-refractivity contribution in [1.29, 1.82) is 0 Å². The highest BCUT2D eigenvalue weighted by Gasteiger charge is 2.14. The first-order valence-electron chi connectivity index (χ1n) is 6.51. The first-order chi connectivity index (χ1) is 9.58. The quantitative estimate of drug-likeness (QED) is 0.557. The van der Waals surface area contributed by atoms with Gasteiger partial charge in [-0.15, -0.1) is 10.2 Å². The van der Waals surface area contributed by atoms with Gasteiger partial charge in [0, 0.05) is 13.6 Å². The molecule has 0 spiro atoms. The van der Waals surface area contributed by atoms with Crippen LogP contribution in [0.2, 0.25) is 0 Å². The summed E-state index contributed by atoms with van der Waals surface area (Å²) in [4.78, 5) is 22.9. The summed E-state index contributed by atoms with van der Waals surface area (Å²) in [6.07, 6.45) is 0.990. The number of carbonyl (C=O) groups excluding carboxylic acids is 2. The summed E-state index contributed by atoms with van der Waals surface area (Å²) in [6, 6.07) is 0. The summed E-state index contributed by atoms with van der Waals surface area (Å²) >= 11 is 1.29. The second-order valence-electron chi connectivity index (χ2n) is 4.08. The van der Waals surface area contributed by atoms with Gasteiger partial charge in [0.25, 0.3) is 0 Å². The molecule has 1 aromatic heterocycles. The molecule has 112 valence electrons. The number of nitrogens with one attached hydrogen (secondary N) is 1. The Hall–Kier alpha value is -1.57. The zero-order valence-electron chi connectivity index (χ0n) is 12.0. The molecule has 0 atom stereocenters. The molecular weight excluding hydrogens is 280 g/mol. The average molecular weight is 300 g/mol. The predicted octanol–water partition coefficient (Wildman–Crippen LogP) is 0.539. The van der Waals surface area contributed by atoms with Gasteiger partial charge in [0.2, 0.25) is 5.91 Å². The van der Waals surface area contributed by atoms with Gasteiger partial charge in [-0.3, -0.25) is 9.59 Å². The fourth-order valence-electron chi connectivity index (χ4n) is 1.41. The van der Waals surface area contributed by atoms with Crippen LogP contribution in [0.1, 0.15) is 26.1 Å². The Labute approximate surface area is 122 Å². The highest BCUT2D eigenvalue weighted by molar-refractivity contribution is 7.99. The molecular formula is C12H20N4O3S. The van der Waals surface area contributed by atoms with Gasteiger partial charge in [0.1, 0.15) is 12.2 Å². The standard InChI is InChI=1S/C12H20N4O3S/c1-4-6-13-10(17)8-20-12-15-14-9(16(12)3)7-11(18)19-5-2/h4-8H2,1-3H3,(H,13,17). The minimum Gasteiger partial charge on any atom is -0.466 e. The summed E-state index contributed by atoms with van der Waals surface area (Å²) in [7, 11) is 1.76. The van der Waals surface area contributed by atoms with Crippen molar-refractivity contribution in [2.75, 3.05) is 18.9 Å². The molecule has 1 rings (SSSR count). The number of hydrogen-bond donors (Lipinski definition) is 1. The SMILES string of the molecule is CCCNC(=O)CSc1nnc(CC(=O)OCC)n1C. The van der Waals surface area contributed by atoms with Crippen molar-refractivity contribution in [2.24, 2.45) is 7.05 Å². The highest BCUT2D eigenvalue weighted by atomic mass is 32.2. The number of carbonyl (C=O) groups is 2. The zero-order chi connectivity index (χ0) is 15.0. The first-order valence-corrected chi connectivity index (χ1v) is 7.50. The molecule has 1 N–H and O–H groups in total. The van der Waals surface area contributed by atoms with E-state index in [2.05, 4.69) is 15.5 Å². The highest BCUT2D eigenvalue weighted by Crippen LogP contribution is 2.15. The lowest BCUT2D eigenvalue weighted by Gasteiger charge is -2.04. The van der Waals surface area contributed by atoms with Gasteiger partial charge < -0.3 is 14.6 Å². The van der Waals surface area contributed by atoms with Crippen LogP contribution in [0.4, 0.5) is 0 Å². The Morgan fingerprint density at radius 3 is 2.75 bits per heavy atom. The van der Waals surface area contributed by atoms with Crippen molar-refractivity contribution in [2.45, 2.75) is 31.8 Å². The number of hydrogen-bond acceptors (Lipinski definition) is 6. The average Bonchev–Trinajstić information content (AvgIpc) is 2.75. The Bertz CT molecular complexity index is 462. The van der Waals surface area contributed by atoms with E-state index in [-0.39, 0.29) is 24.1 Å². The van der Waals surface area contributed by atoms with Crippen molar-refractivity contribution in [1.82, 2.24) is 20.1 Å². The third-order valence-corrected chi connectivity index (χ3v) is 3.46. The van der Waals surface area contributed by atoms with Gasteiger partial charge in [0.05, 0.1) is 12.4 Å². The maximum absolute atomic E-state index is 11.5. The van der Waals surface area contributed by atoms with Crippen molar-refractivity contribution in [3.8, 4) is 0 Å². The van der Waals surface area contributed by atoms with Gasteiger partial charge >= 0.3 is 5.97 Å². The van der Waals surface area contributed by atoms with Crippen LogP contribution in [0.5, 0.6) is 0 Å². The summed E-state index contributed by atoms with van der Waals surface area (Å²) in [6.45, 7) is 4.77. The maximum Gasteiger partial charge on any atom is 0.313 e. The van der Waals surface area contributed by atoms with Crippen molar-refractivity contribution < 1.29 is 14.3 Å². The molecule has 1 amide bonds. The van der Waals surface area contributed by atoms with E-state index in [9.17, 15) is 9.59 Å². The molecule has 8 heteroatoms. The van der Waals surface area contributed by atoms with E-state index in [1.165, 1.54) is 11.8 Å². The van der Waals surface area contributed by atoms with E-state index in [1.54, 1.807) is 18.5 Å². The van der Waals surface area contributed by atoms with Gasteiger partial charge in [0.15, 0.2) is 5.16 Å². The van der Waals surface area contributed by atoms with Crippen LogP contribution in [-0.2, 0) is 27.8 Å². The third-order valence-electron chi connectivity index (χ3n) is 2.44. The van der Waals surface area contributed by atoms with E-state index in [0.29, 0.717) is 24.1 Å². The van der Waals surface area contributed by atoms with E-state index in [4.69, 9.17) is 4.74 Å². The Morgan fingerprint density at radius 1 is 1.35 bits per heavy atom. The fraction of sp³-hybridized carbons (Fsp3) is 0.667. The minimum absolute atomic E-state index is 0.0354. The van der Waals surface area contributed by atoms with Crippen LogP contribution in [0.3, 0.4) is 0 Å². The summed E-state index contributed by atoms with van der Waals surface area (Å²) in [5.74, 6) is 0.442. The van der Waals surface area contributed by atoms with E-state index >= 15 is 0 Å². The van der Waals surface area contributed by atoms with Crippen molar-refractivity contribution >= 4 is 23.6 Å². The van der Waals surface area contributed by atoms with E-state index < -0.39 is 0 Å². The van der Waals surface area contributed by atoms with Gasteiger partial charge in [-0.2, -0.15) is 0 Å². The minimum atomic E-state index is -0.333. The van der Waals surface area contributed by atoms with Crippen LogP contribution in [-0.4, -0.2) is 45.5 Å². The number of rotatable bonds is 8. The largest absolute Gasteiger partial charge is 0.466 e. The van der Waals surface area contributed by atoms with Gasteiger partial charge in [-0.05, 0) is 13.3 Å². The maximum atomic E-state index is 11.5. The molecule has 1 aromatic rings. The van der Waals surface area contributed by atoms with Gasteiger partial charge in [-0.1, -0.05) is 18.7 Å². The normalized spacial score (nSPS) is 10.3. The number of ether oxygens (including phenoxy) is 1. The van der Waals surface area contributed by atoms with E-state index in [0.717, 1.165) is 6.42 Å². The third kappa shape index (κ3) is 5.20. The molecule has 7 nitrogen and oxygen atoms in total. The zero-order valence-corrected chi connectivity index (χ0v) is 12.8. The van der Waals surface area contributed by atoms with Crippen LogP contribution < -0.4 is 5.32 Å². The number of thioether (sulfide) groups is 1. The molecule has 0 radical (unpaired) electrons. The van der Waals surface area contributed by atoms with Crippen molar-refractivity contribution in [3.05, 3.63) is 5.82 Å². The molecule has 0 fully saturated rings. The molecule has 0 bridgehead atoms. The molecule has 0 aliphatic carbocycles. The van der Waals surface area contributed by atoms with Crippen LogP contribution in [0, 0.1) is 0 Å². The fourth-order valence-corrected chi connectivity index (χ4v) is 2.17. The molecule has 0 unspecified atom stereocenters. The van der Waals surface area contributed by atoms with Crippen LogP contribution in [0.25, 0.3) is 0 Å². The lowest BCUT2D eigenvalue weighted by atomic mass is 10.4. The van der Waals surface area contributed by atoms with Gasteiger partial charge in [-0.25, -0.2) is 0 Å². The Kier molecular flexibility index (Phi) is 7.06. The molecule has 0 aliphatic heterocycles. The molecule has 1 heterocycles. The predicted molar refractivity (Wildman–Crippen MR) is 75.4 cm³/mol. The molecule has 0 saturated carbocycles. The molecule has 0 saturated heterocycles. The summed E-state index contributed by atoms with van der Waals surface area (Å²) < 4.78 is 6.56. The number of esters is 1. The lowest BCUT2D eigenvalue weighted by Crippen LogP contribution is -2.25. The Morgan fingerprint density at radius 2 is 2.10 bits per heavy atom. The number of amides is 1. The van der Waals surface area contributed by atoms with E-state index in [1.807, 2.05) is 6.92 Å². The van der Waals surface area contributed by atoms with Crippen molar-refractivity contribution in [3.63, 3.8) is 0 Å². The van der Waals surface area contributed by atoms with Crippen LogP contribution >= 0.6 is 11.8 Å². The smallest absolute Gasteiger partial charge is 0.313 e. The monoisotopic (exact) mass is 300 g/mol. The second kappa shape index (κ2) is 8.57. The first kappa shape index (κ1) is 16.5. The molecule has 0 aromatic carbocycles. The topological polar surface area (TPSA) is 86.1 Å². The van der Waals surface area contributed by atoms with Crippen LogP contribution in [0.15, 0.2) is 5.16 Å². The Balaban J connectivity index is 2.50. The second-order valence-corrected chi connectivity index (χ2v) is 5.02. The molecule has 20 heavy (non-hydrogen) atoms.